The summed E-state index contributed by atoms with van der Waals surface area (Å²) in [5, 5.41) is 15.0. The summed E-state index contributed by atoms with van der Waals surface area (Å²) in [4.78, 5) is 11.9. The fourth-order valence-corrected chi connectivity index (χ4v) is 2.68. The number of aliphatic hydroxyl groups is 1. The zero-order valence-corrected chi connectivity index (χ0v) is 12.1. The molecule has 0 saturated heterocycles. The molecule has 1 aromatic carbocycles. The molecule has 0 aromatic heterocycles. The number of halogens is 1. The van der Waals surface area contributed by atoms with Gasteiger partial charge in [-0.15, -0.1) is 0 Å². The normalized spacial score (nSPS) is 16.5. The number of hydrogen-bond donors (Lipinski definition) is 3. The molecule has 0 aliphatic heterocycles. The first-order valence-corrected chi connectivity index (χ1v) is 7.07. The highest BCUT2D eigenvalue weighted by molar-refractivity contribution is 5.74. The van der Waals surface area contributed by atoms with Crippen LogP contribution in [-0.4, -0.2) is 30.4 Å². The molecule has 1 aromatic rings. The molecule has 5 nitrogen and oxygen atoms in total. The smallest absolute Gasteiger partial charge is 0.315 e. The van der Waals surface area contributed by atoms with Crippen LogP contribution in [0.25, 0.3) is 0 Å². The first-order chi connectivity index (χ1) is 10.1. The van der Waals surface area contributed by atoms with Crippen molar-refractivity contribution in [2.45, 2.75) is 37.8 Å². The van der Waals surface area contributed by atoms with E-state index < -0.39 is 11.4 Å². The number of nitrogens with one attached hydrogen (secondary N) is 2. The third-order valence-corrected chi connectivity index (χ3v) is 3.86. The number of rotatable bonds is 5. The minimum Gasteiger partial charge on any atom is -0.497 e. The van der Waals surface area contributed by atoms with E-state index in [9.17, 15) is 14.3 Å². The van der Waals surface area contributed by atoms with E-state index in [1.54, 1.807) is 6.07 Å². The Morgan fingerprint density at radius 3 is 2.71 bits per heavy atom. The summed E-state index contributed by atoms with van der Waals surface area (Å²) in [5.41, 5.74) is 0.107. The van der Waals surface area contributed by atoms with Crippen LogP contribution in [0, 0.1) is 5.82 Å². The summed E-state index contributed by atoms with van der Waals surface area (Å²) >= 11 is 0. The number of hydrogen-bond acceptors (Lipinski definition) is 3. The molecule has 1 aliphatic carbocycles. The maximum atomic E-state index is 13.3. The van der Waals surface area contributed by atoms with Crippen molar-refractivity contribution in [3.8, 4) is 5.75 Å². The predicted molar refractivity (Wildman–Crippen MR) is 76.6 cm³/mol. The van der Waals surface area contributed by atoms with Gasteiger partial charge in [0.05, 0.1) is 19.3 Å². The molecule has 2 rings (SSSR count). The van der Waals surface area contributed by atoms with Crippen molar-refractivity contribution in [1.29, 1.82) is 0 Å². The summed E-state index contributed by atoms with van der Waals surface area (Å²) in [7, 11) is 1.46. The summed E-state index contributed by atoms with van der Waals surface area (Å²) in [6.45, 7) is 0.135. The molecule has 3 N–H and O–H groups in total. The van der Waals surface area contributed by atoms with Crippen LogP contribution in [0.2, 0.25) is 0 Å². The Morgan fingerprint density at radius 2 is 2.10 bits per heavy atom. The number of carbonyl (C=O) groups excluding carboxylic acids is 1. The fourth-order valence-electron chi connectivity index (χ4n) is 2.68. The van der Waals surface area contributed by atoms with E-state index in [4.69, 9.17) is 4.74 Å². The van der Waals surface area contributed by atoms with Crippen molar-refractivity contribution in [1.82, 2.24) is 10.6 Å². The van der Waals surface area contributed by atoms with Crippen LogP contribution in [0.4, 0.5) is 9.18 Å². The van der Waals surface area contributed by atoms with Gasteiger partial charge in [0.1, 0.15) is 11.6 Å². The molecule has 6 heteroatoms. The Hall–Kier alpha value is -1.82. The van der Waals surface area contributed by atoms with E-state index in [2.05, 4.69) is 10.6 Å². The number of methoxy groups -OCH3 is 1. The predicted octanol–water partition coefficient (Wildman–Crippen LogP) is 1.94. The van der Waals surface area contributed by atoms with Gasteiger partial charge in [-0.3, -0.25) is 0 Å². The van der Waals surface area contributed by atoms with Crippen LogP contribution in [0.5, 0.6) is 5.75 Å². The third-order valence-electron chi connectivity index (χ3n) is 3.86. The monoisotopic (exact) mass is 296 g/mol. The lowest BCUT2D eigenvalue weighted by Crippen LogP contribution is -2.52. The van der Waals surface area contributed by atoms with Gasteiger partial charge in [0.2, 0.25) is 0 Å². The van der Waals surface area contributed by atoms with Crippen LogP contribution in [0.15, 0.2) is 18.2 Å². The van der Waals surface area contributed by atoms with Gasteiger partial charge >= 0.3 is 6.03 Å². The van der Waals surface area contributed by atoms with Gasteiger partial charge in [-0.1, -0.05) is 12.8 Å². The first kappa shape index (κ1) is 15.6. The van der Waals surface area contributed by atoms with E-state index in [1.807, 2.05) is 0 Å². The molecule has 0 bridgehead atoms. The van der Waals surface area contributed by atoms with E-state index in [-0.39, 0.29) is 19.2 Å². The Labute approximate surface area is 123 Å². The molecule has 1 fully saturated rings. The van der Waals surface area contributed by atoms with Gasteiger partial charge < -0.3 is 20.5 Å². The summed E-state index contributed by atoms with van der Waals surface area (Å²) in [5.74, 6) is 0.00371. The molecule has 0 radical (unpaired) electrons. The van der Waals surface area contributed by atoms with Gasteiger partial charge in [-0.25, -0.2) is 9.18 Å². The Kier molecular flexibility index (Phi) is 5.01. The van der Waals surface area contributed by atoms with Crippen molar-refractivity contribution < 1.29 is 19.0 Å². The van der Waals surface area contributed by atoms with Crippen LogP contribution >= 0.6 is 0 Å². The average Bonchev–Trinajstić information content (AvgIpc) is 2.93. The second-order valence-corrected chi connectivity index (χ2v) is 5.45. The highest BCUT2D eigenvalue weighted by Crippen LogP contribution is 2.28. The van der Waals surface area contributed by atoms with Gasteiger partial charge in [0.25, 0.3) is 0 Å². The molecule has 1 saturated carbocycles. The molecular formula is C15H21FN2O3. The van der Waals surface area contributed by atoms with Crippen LogP contribution in [-0.2, 0) is 6.54 Å². The van der Waals surface area contributed by atoms with Gasteiger partial charge in [-0.2, -0.15) is 0 Å². The lowest BCUT2D eigenvalue weighted by Gasteiger charge is -2.28. The first-order valence-electron chi connectivity index (χ1n) is 7.07. The van der Waals surface area contributed by atoms with Gasteiger partial charge in [0, 0.05) is 12.6 Å². The number of ether oxygens (including phenoxy) is 1. The molecule has 21 heavy (non-hydrogen) atoms. The lowest BCUT2D eigenvalue weighted by molar-refractivity contribution is 0.162. The zero-order valence-electron chi connectivity index (χ0n) is 12.1. The topological polar surface area (TPSA) is 70.6 Å². The molecule has 0 unspecified atom stereocenters. The standard InChI is InChI=1S/C15H21FN2O3/c1-21-13-7-11(6-12(16)8-13)9-17-14(20)18-15(10-19)4-2-3-5-15/h6-8,19H,2-5,9-10H2,1H3,(H2,17,18,20). The fraction of sp³-hybridized carbons (Fsp3) is 0.533. The average molecular weight is 296 g/mol. The number of benzene rings is 1. The summed E-state index contributed by atoms with van der Waals surface area (Å²) < 4.78 is 18.3. The Balaban J connectivity index is 1.90. The SMILES string of the molecule is COc1cc(F)cc(CNC(=O)NC2(CO)CCCC2)c1. The van der Waals surface area contributed by atoms with Crippen molar-refractivity contribution in [2.75, 3.05) is 13.7 Å². The minimum atomic E-state index is -0.510. The molecule has 1 aliphatic rings. The van der Waals surface area contributed by atoms with E-state index in [0.29, 0.717) is 11.3 Å². The van der Waals surface area contributed by atoms with Crippen LogP contribution in [0.3, 0.4) is 0 Å². The lowest BCUT2D eigenvalue weighted by atomic mass is 9.99. The summed E-state index contributed by atoms with van der Waals surface area (Å²) in [6, 6.07) is 3.94. The third kappa shape index (κ3) is 4.07. The van der Waals surface area contributed by atoms with Crippen molar-refractivity contribution in [3.05, 3.63) is 29.6 Å². The van der Waals surface area contributed by atoms with Gasteiger partial charge in [-0.05, 0) is 30.5 Å². The second kappa shape index (κ2) is 6.76. The van der Waals surface area contributed by atoms with E-state index in [1.165, 1.54) is 19.2 Å². The van der Waals surface area contributed by atoms with Crippen molar-refractivity contribution in [2.24, 2.45) is 0 Å². The number of amides is 2. The van der Waals surface area contributed by atoms with Crippen LogP contribution < -0.4 is 15.4 Å². The second-order valence-electron chi connectivity index (χ2n) is 5.45. The van der Waals surface area contributed by atoms with Gasteiger partial charge in [0.15, 0.2) is 0 Å². The number of aliphatic hydroxyl groups excluding tert-OH is 1. The van der Waals surface area contributed by atoms with E-state index >= 15 is 0 Å². The molecule has 2 amide bonds. The molecule has 0 atom stereocenters. The number of urea groups is 1. The highest BCUT2D eigenvalue weighted by atomic mass is 19.1. The molecule has 0 spiro atoms. The largest absolute Gasteiger partial charge is 0.497 e. The van der Waals surface area contributed by atoms with E-state index in [0.717, 1.165) is 25.7 Å². The minimum absolute atomic E-state index is 0.0613. The maximum absolute atomic E-state index is 13.3. The Bertz CT molecular complexity index is 502. The molecular weight excluding hydrogens is 275 g/mol. The summed E-state index contributed by atoms with van der Waals surface area (Å²) in [6.07, 6.45) is 3.57. The highest BCUT2D eigenvalue weighted by Gasteiger charge is 2.34. The quantitative estimate of drug-likeness (QED) is 0.777. The Morgan fingerprint density at radius 1 is 1.38 bits per heavy atom. The van der Waals surface area contributed by atoms with Crippen molar-refractivity contribution >= 4 is 6.03 Å². The number of carbonyl (C=O) groups is 1. The molecule has 116 valence electrons. The van der Waals surface area contributed by atoms with Crippen LogP contribution in [0.1, 0.15) is 31.2 Å². The maximum Gasteiger partial charge on any atom is 0.315 e. The zero-order chi connectivity index (χ0) is 15.3. The molecule has 0 heterocycles. The van der Waals surface area contributed by atoms with Crippen molar-refractivity contribution in [3.63, 3.8) is 0 Å².